The van der Waals surface area contributed by atoms with E-state index in [9.17, 15) is 4.79 Å². The van der Waals surface area contributed by atoms with Gasteiger partial charge in [-0.3, -0.25) is 4.79 Å². The number of hydrogen-bond acceptors (Lipinski definition) is 2. The number of carbonyl (C=O) groups excluding carboxylic acids is 1. The molecule has 1 N–H and O–H groups in total. The molecule has 1 saturated carbocycles. The fourth-order valence-electron chi connectivity index (χ4n) is 3.91. The van der Waals surface area contributed by atoms with Gasteiger partial charge in [0.1, 0.15) is 5.75 Å². The zero-order valence-electron chi connectivity index (χ0n) is 17.2. The molecule has 1 aromatic carbocycles. The van der Waals surface area contributed by atoms with Crippen molar-refractivity contribution in [2.24, 2.45) is 11.8 Å². The van der Waals surface area contributed by atoms with Gasteiger partial charge in [-0.05, 0) is 69.1 Å². The number of benzene rings is 1. The molecule has 1 fully saturated rings. The minimum absolute atomic E-state index is 0.143. The third-order valence-electron chi connectivity index (χ3n) is 5.69. The summed E-state index contributed by atoms with van der Waals surface area (Å²) in [6.45, 7) is 7.00. The highest BCUT2D eigenvalue weighted by atomic mass is 79.9. The number of carbonyl (C=O) groups is 1. The molecule has 1 amide bonds. The maximum absolute atomic E-state index is 12.8. The van der Waals surface area contributed by atoms with Crippen LogP contribution in [0.4, 0.5) is 5.69 Å². The summed E-state index contributed by atoms with van der Waals surface area (Å²) in [5.41, 5.74) is 2.04. The van der Waals surface area contributed by atoms with E-state index in [-0.39, 0.29) is 11.8 Å². The molecule has 3 nitrogen and oxygen atoms in total. The number of rotatable bonds is 10. The average molecular weight is 438 g/mol. The maximum Gasteiger partial charge on any atom is 0.227 e. The third kappa shape index (κ3) is 7.14. The van der Waals surface area contributed by atoms with Gasteiger partial charge in [-0.2, -0.15) is 0 Å². The van der Waals surface area contributed by atoms with Gasteiger partial charge >= 0.3 is 0 Å². The topological polar surface area (TPSA) is 38.3 Å². The fraction of sp³-hybridized carbons (Fsp3) is 0.696. The number of alkyl halides is 1. The number of halogens is 1. The van der Waals surface area contributed by atoms with Crippen molar-refractivity contribution in [3.63, 3.8) is 0 Å². The maximum atomic E-state index is 12.8. The predicted octanol–water partition coefficient (Wildman–Crippen LogP) is 6.74. The van der Waals surface area contributed by atoms with Crippen molar-refractivity contribution in [1.29, 1.82) is 0 Å². The molecule has 1 atom stereocenters. The van der Waals surface area contributed by atoms with Gasteiger partial charge in [0.25, 0.3) is 0 Å². The van der Waals surface area contributed by atoms with E-state index in [0.29, 0.717) is 11.4 Å². The van der Waals surface area contributed by atoms with Crippen molar-refractivity contribution in [3.8, 4) is 5.75 Å². The van der Waals surface area contributed by atoms with Gasteiger partial charge in [0, 0.05) is 10.7 Å². The summed E-state index contributed by atoms with van der Waals surface area (Å²) in [5, 5.41) is 3.14. The molecule has 1 aromatic rings. The lowest BCUT2D eigenvalue weighted by molar-refractivity contribution is -0.121. The molecular formula is C23H36BrNO2. The molecule has 0 saturated heterocycles. The summed E-state index contributed by atoms with van der Waals surface area (Å²) in [6.07, 6.45) is 10.4. The second-order valence-electron chi connectivity index (χ2n) is 7.82. The lowest BCUT2D eigenvalue weighted by Crippen LogP contribution is -2.27. The lowest BCUT2D eigenvalue weighted by atomic mass is 9.79. The monoisotopic (exact) mass is 437 g/mol. The Bertz CT molecular complexity index is 582. The van der Waals surface area contributed by atoms with E-state index in [1.165, 1.54) is 37.7 Å². The van der Waals surface area contributed by atoms with Gasteiger partial charge in [-0.1, -0.05) is 55.1 Å². The highest BCUT2D eigenvalue weighted by Crippen LogP contribution is 2.34. The molecule has 1 aliphatic rings. The van der Waals surface area contributed by atoms with Crippen LogP contribution in [-0.4, -0.2) is 17.3 Å². The highest BCUT2D eigenvalue weighted by Gasteiger charge is 2.26. The van der Waals surface area contributed by atoms with Crippen LogP contribution in [0, 0.1) is 11.8 Å². The van der Waals surface area contributed by atoms with Crippen LogP contribution in [0.5, 0.6) is 5.75 Å². The van der Waals surface area contributed by atoms with Crippen LogP contribution in [0.2, 0.25) is 0 Å². The molecule has 27 heavy (non-hydrogen) atoms. The normalized spacial score (nSPS) is 20.9. The molecule has 152 valence electrons. The van der Waals surface area contributed by atoms with E-state index in [1.807, 2.05) is 13.0 Å². The molecule has 1 unspecified atom stereocenters. The Morgan fingerprint density at radius 1 is 1.22 bits per heavy atom. The van der Waals surface area contributed by atoms with Crippen molar-refractivity contribution < 1.29 is 9.53 Å². The molecule has 0 bridgehead atoms. The third-order valence-corrected chi connectivity index (χ3v) is 6.66. The van der Waals surface area contributed by atoms with Crippen molar-refractivity contribution >= 4 is 27.5 Å². The second kappa shape index (κ2) is 11.7. The van der Waals surface area contributed by atoms with Crippen LogP contribution in [0.3, 0.4) is 0 Å². The van der Waals surface area contributed by atoms with Crippen LogP contribution in [-0.2, 0) is 11.2 Å². The van der Waals surface area contributed by atoms with Crippen LogP contribution in [0.15, 0.2) is 18.2 Å². The van der Waals surface area contributed by atoms with E-state index < -0.39 is 0 Å². The molecule has 0 aliphatic heterocycles. The quantitative estimate of drug-likeness (QED) is 0.411. The van der Waals surface area contributed by atoms with Gasteiger partial charge < -0.3 is 10.1 Å². The fourth-order valence-corrected chi connectivity index (χ4v) is 4.29. The number of hydrogen-bond donors (Lipinski definition) is 1. The van der Waals surface area contributed by atoms with Crippen molar-refractivity contribution in [3.05, 3.63) is 23.8 Å². The minimum Gasteiger partial charge on any atom is -0.492 e. The Labute approximate surface area is 173 Å². The lowest BCUT2D eigenvalue weighted by Gasteiger charge is -2.28. The molecule has 1 aliphatic carbocycles. The van der Waals surface area contributed by atoms with E-state index in [0.717, 1.165) is 43.0 Å². The molecule has 0 radical (unpaired) electrons. The summed E-state index contributed by atoms with van der Waals surface area (Å²) in [4.78, 5) is 13.2. The number of unbranched alkanes of at least 4 members (excludes halogenated alkanes) is 1. The first-order valence-corrected chi connectivity index (χ1v) is 11.7. The van der Waals surface area contributed by atoms with E-state index >= 15 is 0 Å². The molecule has 0 heterocycles. The predicted molar refractivity (Wildman–Crippen MR) is 118 cm³/mol. The Hall–Kier alpha value is -1.03. The summed E-state index contributed by atoms with van der Waals surface area (Å²) >= 11 is 3.70. The van der Waals surface area contributed by atoms with Crippen molar-refractivity contribution in [2.75, 3.05) is 11.9 Å². The van der Waals surface area contributed by atoms with Crippen LogP contribution in [0.25, 0.3) is 0 Å². The zero-order valence-corrected chi connectivity index (χ0v) is 18.8. The van der Waals surface area contributed by atoms with E-state index in [4.69, 9.17) is 4.74 Å². The number of nitrogens with one attached hydrogen (secondary N) is 1. The molecule has 2 rings (SSSR count). The van der Waals surface area contributed by atoms with E-state index in [1.54, 1.807) is 0 Å². The average Bonchev–Trinajstić information content (AvgIpc) is 2.68. The van der Waals surface area contributed by atoms with Crippen LogP contribution >= 0.6 is 15.9 Å². The Morgan fingerprint density at radius 3 is 2.59 bits per heavy atom. The summed E-state index contributed by atoms with van der Waals surface area (Å²) < 4.78 is 5.81. The van der Waals surface area contributed by atoms with E-state index in [2.05, 4.69) is 47.2 Å². The summed E-state index contributed by atoms with van der Waals surface area (Å²) in [5.74, 6) is 1.91. The van der Waals surface area contributed by atoms with Crippen molar-refractivity contribution in [1.82, 2.24) is 0 Å². The van der Waals surface area contributed by atoms with Gasteiger partial charge in [0.05, 0.1) is 12.3 Å². The van der Waals surface area contributed by atoms with Gasteiger partial charge in [-0.25, -0.2) is 0 Å². The first-order valence-electron chi connectivity index (χ1n) is 10.8. The number of amides is 1. The first kappa shape index (κ1) is 22.3. The molecular weight excluding hydrogens is 402 g/mol. The highest BCUT2D eigenvalue weighted by molar-refractivity contribution is 9.09. The smallest absolute Gasteiger partial charge is 0.227 e. The Kier molecular flexibility index (Phi) is 9.67. The van der Waals surface area contributed by atoms with Crippen LogP contribution < -0.4 is 10.1 Å². The summed E-state index contributed by atoms with van der Waals surface area (Å²) in [7, 11) is 0. The van der Waals surface area contributed by atoms with Crippen molar-refractivity contribution in [2.45, 2.75) is 83.4 Å². The van der Waals surface area contributed by atoms with Gasteiger partial charge in [0.15, 0.2) is 0 Å². The molecule has 0 aromatic heterocycles. The second-order valence-corrected chi connectivity index (χ2v) is 9.12. The molecule has 4 heteroatoms. The first-order chi connectivity index (χ1) is 13.1. The Morgan fingerprint density at radius 2 is 1.96 bits per heavy atom. The zero-order chi connectivity index (χ0) is 19.6. The molecule has 0 spiro atoms. The van der Waals surface area contributed by atoms with Crippen LogP contribution in [0.1, 0.15) is 77.7 Å². The minimum atomic E-state index is 0.143. The number of ether oxygens (including phenoxy) is 1. The van der Waals surface area contributed by atoms with Gasteiger partial charge in [0.2, 0.25) is 5.91 Å². The van der Waals surface area contributed by atoms with Gasteiger partial charge in [-0.15, -0.1) is 0 Å². The Balaban J connectivity index is 1.96. The summed E-state index contributed by atoms with van der Waals surface area (Å²) in [6, 6.07) is 6.18. The standard InChI is InChI=1S/C23H36BrNO2/c1-4-7-8-17-9-12-19(13-10-17)23(26)25-21-14-11-18(15-20(24)5-2)16-22(21)27-6-3/h11,14,16-17,19-20H,4-10,12-13,15H2,1-3H3,(H,25,26). The largest absolute Gasteiger partial charge is 0.492 e. The number of anilines is 1. The SMILES string of the molecule is CCCCC1CCC(C(=O)Nc2ccc(CC(Br)CC)cc2OCC)CC1.